The second kappa shape index (κ2) is 8.84. The minimum Gasteiger partial charge on any atom is -0.330 e. The van der Waals surface area contributed by atoms with Crippen molar-refractivity contribution in [3.05, 3.63) is 91.0 Å². The third kappa shape index (κ3) is 4.24. The van der Waals surface area contributed by atoms with Crippen LogP contribution in [0.2, 0.25) is 0 Å². The molecule has 0 saturated carbocycles. The third-order valence-corrected chi connectivity index (χ3v) is 10.6. The highest BCUT2D eigenvalue weighted by Crippen LogP contribution is 2.62. The molecule has 0 aliphatic carbocycles. The molecule has 0 radical (unpaired) electrons. The third-order valence-electron chi connectivity index (χ3n) is 5.83. The molecule has 1 aliphatic rings. The van der Waals surface area contributed by atoms with E-state index in [9.17, 15) is 18.0 Å². The van der Waals surface area contributed by atoms with E-state index in [1.807, 2.05) is 91.0 Å². The molecule has 1 heterocycles. The van der Waals surface area contributed by atoms with E-state index in [2.05, 4.69) is 0 Å². The molecule has 1 saturated heterocycles. The Labute approximate surface area is 181 Å². The number of halogens is 3. The van der Waals surface area contributed by atoms with Crippen LogP contribution in [0.5, 0.6) is 0 Å². The van der Waals surface area contributed by atoms with Crippen LogP contribution in [0.4, 0.5) is 13.2 Å². The Bertz CT molecular complexity index is 913. The van der Waals surface area contributed by atoms with Crippen LogP contribution in [-0.2, 0) is 4.79 Å². The number of piperidine rings is 1. The topological polar surface area (TPSA) is 20.3 Å². The summed E-state index contributed by atoms with van der Waals surface area (Å²) in [6, 6.07) is 29.5. The van der Waals surface area contributed by atoms with Crippen molar-refractivity contribution in [2.24, 2.45) is 0 Å². The lowest BCUT2D eigenvalue weighted by molar-refractivity contribution is -0.163. The van der Waals surface area contributed by atoms with E-state index in [0.717, 1.165) is 20.8 Å². The molecular weight excluding hydrogens is 418 g/mol. The van der Waals surface area contributed by atoms with Crippen molar-refractivity contribution < 1.29 is 18.0 Å². The fourth-order valence-corrected chi connectivity index (χ4v) is 9.59. The zero-order chi connectivity index (χ0) is 21.9. The van der Waals surface area contributed by atoms with Gasteiger partial charge < -0.3 is 4.90 Å². The molecule has 31 heavy (non-hydrogen) atoms. The lowest BCUT2D eigenvalue weighted by Crippen LogP contribution is -2.53. The van der Waals surface area contributed by atoms with Crippen LogP contribution in [0.25, 0.3) is 0 Å². The minimum absolute atomic E-state index is 0.146. The number of carbonyl (C=O) groups is 1. The lowest BCUT2D eigenvalue weighted by Gasteiger charge is -2.39. The van der Waals surface area contributed by atoms with Crippen molar-refractivity contribution in [2.45, 2.75) is 24.7 Å². The van der Waals surface area contributed by atoms with Crippen LogP contribution in [0.1, 0.15) is 12.8 Å². The van der Waals surface area contributed by atoms with Crippen LogP contribution in [-0.4, -0.2) is 35.7 Å². The molecule has 0 aromatic heterocycles. The van der Waals surface area contributed by atoms with Gasteiger partial charge in [0.1, 0.15) is 29.7 Å². The molecule has 0 bridgehead atoms. The fraction of sp³-hybridized carbons (Fsp3) is 0.240. The van der Waals surface area contributed by atoms with E-state index in [4.69, 9.17) is 0 Å². The van der Waals surface area contributed by atoms with Gasteiger partial charge >= 0.3 is 6.18 Å². The predicted molar refractivity (Wildman–Crippen MR) is 121 cm³/mol. The Balaban J connectivity index is 1.95. The molecule has 1 aliphatic heterocycles. The summed E-state index contributed by atoms with van der Waals surface area (Å²) in [6.45, 7) is -1.05. The maximum absolute atomic E-state index is 13.6. The Morgan fingerprint density at radius 3 is 1.58 bits per heavy atom. The monoisotopic (exact) mass is 442 g/mol. The number of benzene rings is 3. The van der Waals surface area contributed by atoms with Crippen molar-refractivity contribution in [3.63, 3.8) is 0 Å². The predicted octanol–water partition coefficient (Wildman–Crippen LogP) is 4.53. The second-order valence-electron chi connectivity index (χ2n) is 7.76. The Kier molecular flexibility index (Phi) is 6.15. The standard InChI is InChI=1S/C25H24F3NOP/c26-25(27,28)19-29-18-10-17-23(24(29)30)31(20-11-4-1-5-12-20,21-13-6-2-7-14-21)22-15-8-3-9-16-22/h1-9,11-16,23H,10,17-19H2/q+1/t23-/m1/s1. The van der Waals surface area contributed by atoms with Crippen LogP contribution < -0.4 is 15.9 Å². The van der Waals surface area contributed by atoms with Crippen LogP contribution in [0, 0.1) is 0 Å². The summed E-state index contributed by atoms with van der Waals surface area (Å²) in [5.74, 6) is -0.395. The highest BCUT2D eigenvalue weighted by molar-refractivity contribution is 7.96. The van der Waals surface area contributed by atoms with E-state index in [1.54, 1.807) is 0 Å². The smallest absolute Gasteiger partial charge is 0.330 e. The molecular formula is C25H24F3NOP+. The van der Waals surface area contributed by atoms with Gasteiger partial charge in [-0.1, -0.05) is 54.6 Å². The fourth-order valence-electron chi connectivity index (χ4n) is 4.63. The van der Waals surface area contributed by atoms with Gasteiger partial charge in [-0.05, 0) is 49.2 Å². The number of hydrogen-bond acceptors (Lipinski definition) is 1. The summed E-state index contributed by atoms with van der Waals surface area (Å²) in [5, 5.41) is 3.04. The van der Waals surface area contributed by atoms with Gasteiger partial charge in [-0.15, -0.1) is 0 Å². The largest absolute Gasteiger partial charge is 0.406 e. The molecule has 160 valence electrons. The molecule has 0 unspecified atom stereocenters. The summed E-state index contributed by atoms with van der Waals surface area (Å²) in [7, 11) is -2.55. The van der Waals surface area contributed by atoms with Crippen LogP contribution in [0.3, 0.4) is 0 Å². The number of likely N-dealkylation sites (tertiary alicyclic amines) is 1. The van der Waals surface area contributed by atoms with Gasteiger partial charge in [0, 0.05) is 6.54 Å². The first kappa shape index (κ1) is 21.6. The molecule has 6 heteroatoms. The lowest BCUT2D eigenvalue weighted by atomic mass is 10.1. The molecule has 1 fully saturated rings. The van der Waals surface area contributed by atoms with E-state index >= 15 is 0 Å². The Hall–Kier alpha value is -2.65. The number of rotatable bonds is 5. The first-order valence-electron chi connectivity index (χ1n) is 10.3. The maximum Gasteiger partial charge on any atom is 0.406 e. The molecule has 1 amide bonds. The summed E-state index contributed by atoms with van der Waals surface area (Å²) in [6.07, 6.45) is -3.29. The second-order valence-corrected chi connectivity index (χ2v) is 11.4. The summed E-state index contributed by atoms with van der Waals surface area (Å²) in [5.41, 5.74) is -0.532. The normalized spacial score (nSPS) is 17.6. The van der Waals surface area contributed by atoms with E-state index in [0.29, 0.717) is 12.8 Å². The van der Waals surface area contributed by atoms with Crippen molar-refractivity contribution in [2.75, 3.05) is 13.1 Å². The van der Waals surface area contributed by atoms with Gasteiger partial charge in [-0.3, -0.25) is 4.79 Å². The van der Waals surface area contributed by atoms with Gasteiger partial charge in [0.15, 0.2) is 5.66 Å². The van der Waals surface area contributed by atoms with Crippen LogP contribution >= 0.6 is 7.26 Å². The van der Waals surface area contributed by atoms with Gasteiger partial charge in [-0.25, -0.2) is 0 Å². The molecule has 4 rings (SSSR count). The van der Waals surface area contributed by atoms with E-state index in [1.165, 1.54) is 0 Å². The molecule has 0 N–H and O–H groups in total. The van der Waals surface area contributed by atoms with Crippen molar-refractivity contribution in [1.29, 1.82) is 0 Å². The molecule has 3 aromatic rings. The zero-order valence-corrected chi connectivity index (χ0v) is 17.9. The summed E-state index contributed by atoms with van der Waals surface area (Å²) in [4.78, 5) is 14.6. The van der Waals surface area contributed by atoms with Gasteiger partial charge in [0.05, 0.1) is 0 Å². The van der Waals surface area contributed by atoms with Gasteiger partial charge in [-0.2, -0.15) is 13.2 Å². The SMILES string of the molecule is O=C1[C@H]([P+](c2ccccc2)(c2ccccc2)c2ccccc2)CCCN1CC(F)(F)F. The first-order valence-corrected chi connectivity index (χ1v) is 12.2. The van der Waals surface area contributed by atoms with Gasteiger partial charge in [0.25, 0.3) is 5.91 Å². The van der Waals surface area contributed by atoms with Crippen molar-refractivity contribution in [3.8, 4) is 0 Å². The van der Waals surface area contributed by atoms with Crippen molar-refractivity contribution >= 4 is 29.1 Å². The van der Waals surface area contributed by atoms with Crippen LogP contribution in [0.15, 0.2) is 91.0 Å². The number of amides is 1. The van der Waals surface area contributed by atoms with Crippen molar-refractivity contribution in [1.82, 2.24) is 4.90 Å². The Morgan fingerprint density at radius 2 is 1.19 bits per heavy atom. The summed E-state index contributed by atoms with van der Waals surface area (Å²) < 4.78 is 39.7. The minimum atomic E-state index is -4.41. The molecule has 3 aromatic carbocycles. The number of alkyl halides is 3. The Morgan fingerprint density at radius 1 is 0.774 bits per heavy atom. The molecule has 1 atom stereocenters. The number of nitrogens with zero attached hydrogens (tertiary/aromatic N) is 1. The first-order chi connectivity index (χ1) is 14.9. The highest BCUT2D eigenvalue weighted by Gasteiger charge is 2.57. The average Bonchev–Trinajstić information content (AvgIpc) is 2.78. The van der Waals surface area contributed by atoms with Gasteiger partial charge in [0.2, 0.25) is 0 Å². The quantitative estimate of drug-likeness (QED) is 0.532. The maximum atomic E-state index is 13.6. The average molecular weight is 442 g/mol. The zero-order valence-electron chi connectivity index (χ0n) is 17.0. The molecule has 2 nitrogen and oxygen atoms in total. The van der Waals surface area contributed by atoms with E-state index in [-0.39, 0.29) is 6.54 Å². The number of carbonyl (C=O) groups excluding carboxylic acids is 1. The van der Waals surface area contributed by atoms with E-state index < -0.39 is 31.5 Å². The molecule has 0 spiro atoms. The summed E-state index contributed by atoms with van der Waals surface area (Å²) >= 11 is 0. The number of hydrogen-bond donors (Lipinski definition) is 0. The highest BCUT2D eigenvalue weighted by atomic mass is 31.2.